The van der Waals surface area contributed by atoms with E-state index in [4.69, 9.17) is 33.0 Å². The average molecular weight is 341 g/mol. The molecule has 2 N–H and O–H groups in total. The summed E-state index contributed by atoms with van der Waals surface area (Å²) in [5, 5.41) is 10.9. The molecular weight excluding hydrogens is 327 g/mol. The Bertz CT molecular complexity index is 588. The van der Waals surface area contributed by atoms with Crippen LogP contribution in [0.4, 0.5) is 0 Å². The molecule has 0 radical (unpaired) electrons. The Balaban J connectivity index is 2.31. The molecule has 9 heteroatoms. The number of hydrogen-bond donors (Lipinski definition) is 2. The molecule has 0 atom stereocenters. The van der Waals surface area contributed by atoms with Crippen LogP contribution in [0.25, 0.3) is 0 Å². The number of hydrogen-bond acceptors (Lipinski definition) is 5. The number of sulfonamides is 1. The Kier molecular flexibility index (Phi) is 5.25. The van der Waals surface area contributed by atoms with E-state index in [1.54, 1.807) is 0 Å². The highest BCUT2D eigenvalue weighted by atomic mass is 35.5. The minimum absolute atomic E-state index is 0.0299. The second kappa shape index (κ2) is 6.57. The normalized spacial score (nSPS) is 17.4. The third kappa shape index (κ3) is 3.62. The summed E-state index contributed by atoms with van der Waals surface area (Å²) in [4.78, 5) is 2.28. The fourth-order valence-electron chi connectivity index (χ4n) is 1.80. The number of aliphatic hydroxyl groups is 1. The first-order valence-electron chi connectivity index (χ1n) is 5.88. The van der Waals surface area contributed by atoms with Crippen molar-refractivity contribution < 1.29 is 18.3 Å². The van der Waals surface area contributed by atoms with Gasteiger partial charge in [0.05, 0.1) is 24.8 Å². The second-order valence-corrected chi connectivity index (χ2v) is 6.67. The van der Waals surface area contributed by atoms with Crippen molar-refractivity contribution >= 4 is 33.2 Å². The number of nitrogens with one attached hydrogen (secondary N) is 1. The van der Waals surface area contributed by atoms with Crippen LogP contribution in [-0.4, -0.2) is 44.8 Å². The Morgan fingerprint density at radius 1 is 1.30 bits per heavy atom. The first kappa shape index (κ1) is 16.0. The van der Waals surface area contributed by atoms with Gasteiger partial charge in [-0.15, -0.1) is 4.83 Å². The zero-order valence-corrected chi connectivity index (χ0v) is 12.8. The van der Waals surface area contributed by atoms with Crippen molar-refractivity contribution in [3.05, 3.63) is 27.7 Å². The van der Waals surface area contributed by atoms with Gasteiger partial charge < -0.3 is 9.84 Å². The van der Waals surface area contributed by atoms with Crippen molar-refractivity contribution in [2.75, 3.05) is 26.3 Å². The molecule has 0 bridgehead atoms. The minimum Gasteiger partial charge on any atom is -0.392 e. The van der Waals surface area contributed by atoms with Crippen LogP contribution < -0.4 is 4.83 Å². The molecule has 0 saturated carbocycles. The number of morpholine rings is 1. The summed E-state index contributed by atoms with van der Waals surface area (Å²) >= 11 is 11.9. The summed E-state index contributed by atoms with van der Waals surface area (Å²) in [6.07, 6.45) is 0. The zero-order valence-electron chi connectivity index (χ0n) is 10.5. The number of rotatable bonds is 4. The maximum absolute atomic E-state index is 12.3. The van der Waals surface area contributed by atoms with Crippen molar-refractivity contribution in [2.45, 2.75) is 11.5 Å². The monoisotopic (exact) mass is 340 g/mol. The number of hydrazine groups is 1. The summed E-state index contributed by atoms with van der Waals surface area (Å²) in [6.45, 7) is 1.41. The quantitative estimate of drug-likeness (QED) is 0.855. The van der Waals surface area contributed by atoms with E-state index in [9.17, 15) is 8.42 Å². The molecule has 0 aromatic heterocycles. The molecule has 0 unspecified atom stereocenters. The Morgan fingerprint density at radius 2 is 1.95 bits per heavy atom. The zero-order chi connectivity index (χ0) is 14.8. The molecule has 2 rings (SSSR count). The summed E-state index contributed by atoms with van der Waals surface area (Å²) in [5.41, 5.74) is 0.265. The van der Waals surface area contributed by atoms with E-state index in [0.29, 0.717) is 26.3 Å². The molecule has 1 saturated heterocycles. The van der Waals surface area contributed by atoms with Crippen LogP contribution in [0.5, 0.6) is 0 Å². The van der Waals surface area contributed by atoms with Gasteiger partial charge >= 0.3 is 0 Å². The van der Waals surface area contributed by atoms with Crippen LogP contribution in [0.15, 0.2) is 17.0 Å². The molecular formula is C11H14Cl2N2O4S. The van der Waals surface area contributed by atoms with Crippen molar-refractivity contribution in [2.24, 2.45) is 0 Å². The fourth-order valence-corrected chi connectivity index (χ4v) is 3.85. The molecule has 1 aromatic rings. The number of benzene rings is 1. The fraction of sp³-hybridized carbons (Fsp3) is 0.455. The molecule has 1 aliphatic heterocycles. The van der Waals surface area contributed by atoms with Crippen LogP contribution in [0.1, 0.15) is 5.56 Å². The smallest absolute Gasteiger partial charge is 0.255 e. The maximum atomic E-state index is 12.3. The predicted octanol–water partition coefficient (Wildman–Crippen LogP) is 1.01. The molecule has 1 aromatic carbocycles. The topological polar surface area (TPSA) is 78.9 Å². The molecule has 1 aliphatic rings. The van der Waals surface area contributed by atoms with E-state index in [1.807, 2.05) is 0 Å². The largest absolute Gasteiger partial charge is 0.392 e. The Morgan fingerprint density at radius 3 is 2.55 bits per heavy atom. The first-order valence-corrected chi connectivity index (χ1v) is 8.12. The highest BCUT2D eigenvalue weighted by Crippen LogP contribution is 2.29. The third-order valence-corrected chi connectivity index (χ3v) is 4.98. The van der Waals surface area contributed by atoms with E-state index in [0.717, 1.165) is 0 Å². The molecule has 1 heterocycles. The Hall–Kier alpha value is -0.410. The molecule has 20 heavy (non-hydrogen) atoms. The lowest BCUT2D eigenvalue weighted by Crippen LogP contribution is -2.48. The minimum atomic E-state index is -3.85. The van der Waals surface area contributed by atoms with Gasteiger partial charge in [0.25, 0.3) is 10.0 Å². The molecule has 0 spiro atoms. The highest BCUT2D eigenvalue weighted by molar-refractivity contribution is 7.89. The number of halogens is 2. The van der Waals surface area contributed by atoms with E-state index < -0.39 is 10.0 Å². The Labute approximate surface area is 127 Å². The maximum Gasteiger partial charge on any atom is 0.255 e. The molecule has 6 nitrogen and oxygen atoms in total. The third-order valence-electron chi connectivity index (χ3n) is 2.80. The number of aliphatic hydroxyl groups excluding tert-OH is 1. The van der Waals surface area contributed by atoms with E-state index in [-0.39, 0.29) is 27.1 Å². The molecule has 0 amide bonds. The van der Waals surface area contributed by atoms with E-state index in [2.05, 4.69) is 4.83 Å². The lowest BCUT2D eigenvalue weighted by atomic mass is 10.2. The first-order chi connectivity index (χ1) is 9.44. The van der Waals surface area contributed by atoms with Crippen LogP contribution >= 0.6 is 23.2 Å². The number of ether oxygens (including phenoxy) is 1. The van der Waals surface area contributed by atoms with Gasteiger partial charge in [0.1, 0.15) is 4.90 Å². The van der Waals surface area contributed by atoms with Gasteiger partial charge in [-0.2, -0.15) is 0 Å². The number of nitrogens with zero attached hydrogens (tertiary/aromatic N) is 1. The van der Waals surface area contributed by atoms with Gasteiger partial charge in [0.2, 0.25) is 0 Å². The van der Waals surface area contributed by atoms with Crippen molar-refractivity contribution in [1.82, 2.24) is 9.84 Å². The molecule has 0 aliphatic carbocycles. The van der Waals surface area contributed by atoms with Gasteiger partial charge in [0, 0.05) is 18.1 Å². The van der Waals surface area contributed by atoms with Crippen molar-refractivity contribution in [1.29, 1.82) is 0 Å². The summed E-state index contributed by atoms with van der Waals surface area (Å²) in [7, 11) is -3.85. The van der Waals surface area contributed by atoms with E-state index in [1.165, 1.54) is 17.1 Å². The standard InChI is InChI=1S/C11H14Cl2N2O4S/c12-9-5-8(7-16)11(13)10(6-9)20(17,18)14-15-1-3-19-4-2-15/h5-6,14,16H,1-4,7H2. The predicted molar refractivity (Wildman–Crippen MR) is 75.1 cm³/mol. The van der Waals surface area contributed by atoms with Gasteiger partial charge in [-0.05, 0) is 17.7 Å². The van der Waals surface area contributed by atoms with E-state index >= 15 is 0 Å². The molecule has 1 fully saturated rings. The lowest BCUT2D eigenvalue weighted by molar-refractivity contribution is 0.0272. The van der Waals surface area contributed by atoms with Gasteiger partial charge in [-0.1, -0.05) is 23.2 Å². The van der Waals surface area contributed by atoms with Crippen molar-refractivity contribution in [3.63, 3.8) is 0 Å². The summed E-state index contributed by atoms with van der Waals surface area (Å²) < 4.78 is 29.8. The van der Waals surface area contributed by atoms with Crippen LogP contribution in [0.3, 0.4) is 0 Å². The highest BCUT2D eigenvalue weighted by Gasteiger charge is 2.24. The average Bonchev–Trinajstić information content (AvgIpc) is 2.41. The van der Waals surface area contributed by atoms with Crippen LogP contribution in [-0.2, 0) is 21.4 Å². The second-order valence-electron chi connectivity index (χ2n) is 4.23. The van der Waals surface area contributed by atoms with Crippen LogP contribution in [0.2, 0.25) is 10.0 Å². The van der Waals surface area contributed by atoms with Gasteiger partial charge in [-0.3, -0.25) is 0 Å². The van der Waals surface area contributed by atoms with Gasteiger partial charge in [-0.25, -0.2) is 13.4 Å². The van der Waals surface area contributed by atoms with Gasteiger partial charge in [0.15, 0.2) is 0 Å². The van der Waals surface area contributed by atoms with Crippen molar-refractivity contribution in [3.8, 4) is 0 Å². The summed E-state index contributed by atoms with van der Waals surface area (Å²) in [5.74, 6) is 0. The summed E-state index contributed by atoms with van der Waals surface area (Å²) in [6, 6.07) is 2.68. The lowest BCUT2D eigenvalue weighted by Gasteiger charge is -2.27. The SMILES string of the molecule is O=S(=O)(NN1CCOCC1)c1cc(Cl)cc(CO)c1Cl. The van der Waals surface area contributed by atoms with Crippen LogP contribution in [0, 0.1) is 0 Å². The molecule has 112 valence electrons.